The van der Waals surface area contributed by atoms with Crippen LogP contribution in [0, 0.1) is 5.92 Å². The van der Waals surface area contributed by atoms with Gasteiger partial charge in [-0.2, -0.15) is 0 Å². The Balaban J connectivity index is 1.75. The van der Waals surface area contributed by atoms with E-state index in [-0.39, 0.29) is 11.8 Å². The number of carbonyl (C=O) groups is 1. The monoisotopic (exact) mass is 332 g/mol. The molecule has 3 rings (SSSR count). The third-order valence-corrected chi connectivity index (χ3v) is 5.39. The van der Waals surface area contributed by atoms with Crippen molar-refractivity contribution >= 4 is 56.9 Å². The minimum absolute atomic E-state index is 0.0709. The van der Waals surface area contributed by atoms with Crippen molar-refractivity contribution in [2.24, 2.45) is 5.92 Å². The van der Waals surface area contributed by atoms with E-state index in [2.05, 4.69) is 10.3 Å². The molecule has 0 aliphatic heterocycles. The average Bonchev–Trinajstić information content (AvgIpc) is 2.82. The number of nitrogens with one attached hydrogen (secondary N) is 1. The number of aromatic nitrogens is 1. The van der Waals surface area contributed by atoms with Crippen LogP contribution in [0.15, 0.2) is 11.4 Å². The van der Waals surface area contributed by atoms with E-state index >= 15 is 0 Å². The lowest BCUT2D eigenvalue weighted by Gasteiger charge is -2.23. The lowest BCUT2D eigenvalue weighted by Crippen LogP contribution is -2.27. The van der Waals surface area contributed by atoms with Crippen molar-refractivity contribution in [3.05, 3.63) is 20.1 Å². The van der Waals surface area contributed by atoms with E-state index in [1.165, 1.54) is 22.7 Å². The maximum absolute atomic E-state index is 11.8. The van der Waals surface area contributed by atoms with Crippen LogP contribution in [-0.4, -0.2) is 10.9 Å². The minimum atomic E-state index is 0.0709. The van der Waals surface area contributed by atoms with Crippen LogP contribution in [0.2, 0.25) is 8.67 Å². The molecule has 0 radical (unpaired) electrons. The molecular weight excluding hydrogens is 323 g/mol. The van der Waals surface area contributed by atoms with Crippen LogP contribution in [0.5, 0.6) is 0 Å². The number of halogens is 2. The van der Waals surface area contributed by atoms with Gasteiger partial charge < -0.3 is 5.32 Å². The maximum atomic E-state index is 11.8. The first-order valence-corrected chi connectivity index (χ1v) is 8.30. The normalized spacial score (nSPS) is 15.3. The summed E-state index contributed by atoms with van der Waals surface area (Å²) in [7, 11) is 0. The van der Waals surface area contributed by atoms with Gasteiger partial charge >= 0.3 is 0 Å². The molecule has 1 saturated carbocycles. The van der Waals surface area contributed by atoms with Crippen molar-refractivity contribution in [1.82, 2.24) is 4.98 Å². The summed E-state index contributed by atoms with van der Waals surface area (Å²) in [5.74, 6) is 0.230. The highest BCUT2D eigenvalue weighted by Crippen LogP contribution is 2.39. The Labute approximate surface area is 128 Å². The number of rotatable bonds is 3. The molecule has 1 fully saturated rings. The molecular formula is C12H10Cl2N2OS2. The number of nitrogens with zero attached hydrogens (tertiary/aromatic N) is 1. The predicted octanol–water partition coefficient (Wildman–Crippen LogP) is 4.92. The first kappa shape index (κ1) is 13.4. The standard InChI is InChI=1S/C12H10Cl2N2OS2/c13-9-4-7(10(14)19-9)8-5-18-12(15-8)16-11(17)6-2-1-3-6/h4-6H,1-3H2,(H,15,16,17). The zero-order valence-electron chi connectivity index (χ0n) is 9.78. The van der Waals surface area contributed by atoms with E-state index in [0.29, 0.717) is 13.8 Å². The summed E-state index contributed by atoms with van der Waals surface area (Å²) in [6.45, 7) is 0. The number of carbonyl (C=O) groups excluding carboxylic acids is 1. The molecule has 3 nitrogen and oxygen atoms in total. The molecule has 1 aliphatic rings. The van der Waals surface area contributed by atoms with Crippen molar-refractivity contribution in [3.8, 4) is 11.3 Å². The Morgan fingerprint density at radius 2 is 2.21 bits per heavy atom. The molecule has 0 saturated heterocycles. The van der Waals surface area contributed by atoms with Crippen LogP contribution >= 0.6 is 45.9 Å². The van der Waals surface area contributed by atoms with Gasteiger partial charge in [0.1, 0.15) is 4.34 Å². The number of anilines is 1. The summed E-state index contributed by atoms with van der Waals surface area (Å²) in [5.41, 5.74) is 1.57. The van der Waals surface area contributed by atoms with Gasteiger partial charge in [-0.25, -0.2) is 4.98 Å². The third-order valence-electron chi connectivity index (χ3n) is 3.14. The Bertz CT molecular complexity index is 619. The molecule has 100 valence electrons. The number of thiazole rings is 1. The Morgan fingerprint density at radius 3 is 2.79 bits per heavy atom. The van der Waals surface area contributed by atoms with Crippen LogP contribution in [-0.2, 0) is 4.79 Å². The molecule has 2 aromatic rings. The second-order valence-corrected chi connectivity index (χ2v) is 7.54. The lowest BCUT2D eigenvalue weighted by atomic mass is 9.85. The van der Waals surface area contributed by atoms with Crippen LogP contribution in [0.25, 0.3) is 11.3 Å². The number of hydrogen-bond acceptors (Lipinski definition) is 4. The van der Waals surface area contributed by atoms with Crippen molar-refractivity contribution in [2.75, 3.05) is 5.32 Å². The van der Waals surface area contributed by atoms with Crippen molar-refractivity contribution in [1.29, 1.82) is 0 Å². The fourth-order valence-electron chi connectivity index (χ4n) is 1.85. The van der Waals surface area contributed by atoms with E-state index in [1.54, 1.807) is 6.07 Å². The highest BCUT2D eigenvalue weighted by atomic mass is 35.5. The zero-order chi connectivity index (χ0) is 13.4. The molecule has 0 atom stereocenters. The average molecular weight is 333 g/mol. The predicted molar refractivity (Wildman–Crippen MR) is 81.4 cm³/mol. The van der Waals surface area contributed by atoms with Gasteiger partial charge in [-0.3, -0.25) is 4.79 Å². The molecule has 2 heterocycles. The number of amides is 1. The van der Waals surface area contributed by atoms with Crippen LogP contribution in [0.3, 0.4) is 0 Å². The summed E-state index contributed by atoms with van der Waals surface area (Å²) in [6, 6.07) is 1.79. The fourth-order valence-corrected chi connectivity index (χ4v) is 4.04. The van der Waals surface area contributed by atoms with Gasteiger partial charge in [0.2, 0.25) is 5.91 Å². The summed E-state index contributed by atoms with van der Waals surface area (Å²) in [6.07, 6.45) is 3.11. The molecule has 19 heavy (non-hydrogen) atoms. The van der Waals surface area contributed by atoms with E-state index in [4.69, 9.17) is 23.2 Å². The smallest absolute Gasteiger partial charge is 0.229 e. The molecule has 1 N–H and O–H groups in total. The van der Waals surface area contributed by atoms with E-state index in [9.17, 15) is 4.79 Å². The largest absolute Gasteiger partial charge is 0.302 e. The molecule has 2 aromatic heterocycles. The minimum Gasteiger partial charge on any atom is -0.302 e. The summed E-state index contributed by atoms with van der Waals surface area (Å²) in [5, 5.41) is 5.35. The Kier molecular flexibility index (Phi) is 3.80. The van der Waals surface area contributed by atoms with Gasteiger partial charge in [-0.15, -0.1) is 22.7 Å². The first-order valence-electron chi connectivity index (χ1n) is 5.85. The Morgan fingerprint density at radius 1 is 1.42 bits per heavy atom. The third kappa shape index (κ3) is 2.79. The highest BCUT2D eigenvalue weighted by molar-refractivity contribution is 7.20. The summed E-state index contributed by atoms with van der Waals surface area (Å²) in [4.78, 5) is 16.2. The van der Waals surface area contributed by atoms with Gasteiger partial charge in [0.15, 0.2) is 5.13 Å². The van der Waals surface area contributed by atoms with Gasteiger partial charge in [-0.05, 0) is 18.9 Å². The second kappa shape index (κ2) is 5.40. The molecule has 0 unspecified atom stereocenters. The molecule has 1 aliphatic carbocycles. The maximum Gasteiger partial charge on any atom is 0.229 e. The second-order valence-electron chi connectivity index (χ2n) is 4.39. The van der Waals surface area contributed by atoms with Crippen molar-refractivity contribution < 1.29 is 4.79 Å². The van der Waals surface area contributed by atoms with E-state index in [0.717, 1.165) is 30.5 Å². The molecule has 0 aromatic carbocycles. The molecule has 7 heteroatoms. The SMILES string of the molecule is O=C(Nc1nc(-c2cc(Cl)sc2Cl)cs1)C1CCC1. The van der Waals surface area contributed by atoms with Gasteiger partial charge in [0, 0.05) is 16.9 Å². The number of thiophene rings is 1. The van der Waals surface area contributed by atoms with Crippen molar-refractivity contribution in [2.45, 2.75) is 19.3 Å². The van der Waals surface area contributed by atoms with E-state index in [1.807, 2.05) is 5.38 Å². The molecule has 1 amide bonds. The molecule has 0 bridgehead atoms. The number of hydrogen-bond donors (Lipinski definition) is 1. The topological polar surface area (TPSA) is 42.0 Å². The fraction of sp³-hybridized carbons (Fsp3) is 0.333. The highest BCUT2D eigenvalue weighted by Gasteiger charge is 2.25. The molecule has 0 spiro atoms. The first-order chi connectivity index (χ1) is 9.13. The van der Waals surface area contributed by atoms with Gasteiger partial charge in [0.05, 0.1) is 10.0 Å². The van der Waals surface area contributed by atoms with E-state index < -0.39 is 0 Å². The van der Waals surface area contributed by atoms with Crippen LogP contribution in [0.1, 0.15) is 19.3 Å². The summed E-state index contributed by atoms with van der Waals surface area (Å²) >= 11 is 14.7. The zero-order valence-corrected chi connectivity index (χ0v) is 12.9. The van der Waals surface area contributed by atoms with Gasteiger partial charge in [-0.1, -0.05) is 29.6 Å². The summed E-state index contributed by atoms with van der Waals surface area (Å²) < 4.78 is 1.25. The van der Waals surface area contributed by atoms with Crippen LogP contribution < -0.4 is 5.32 Å². The Hall–Kier alpha value is -0.620. The van der Waals surface area contributed by atoms with Crippen molar-refractivity contribution in [3.63, 3.8) is 0 Å². The van der Waals surface area contributed by atoms with Crippen LogP contribution in [0.4, 0.5) is 5.13 Å². The van der Waals surface area contributed by atoms with Gasteiger partial charge in [0.25, 0.3) is 0 Å². The quantitative estimate of drug-likeness (QED) is 0.866. The lowest BCUT2D eigenvalue weighted by molar-refractivity contribution is -0.122.